The first-order valence-electron chi connectivity index (χ1n) is 6.48. The molecule has 0 spiro atoms. The molecule has 1 aliphatic rings. The second-order valence-electron chi connectivity index (χ2n) is 4.80. The zero-order valence-corrected chi connectivity index (χ0v) is 10.4. The molecule has 0 bridgehead atoms. The van der Waals surface area contributed by atoms with Gasteiger partial charge in [-0.3, -0.25) is 4.79 Å². The van der Waals surface area contributed by atoms with Crippen LogP contribution in [0.3, 0.4) is 0 Å². The number of piperidine rings is 1. The Kier molecular flexibility index (Phi) is 4.15. The molecule has 1 saturated heterocycles. The fraction of sp³-hybridized carbons (Fsp3) is 0.500. The Morgan fingerprint density at radius 2 is 1.82 bits per heavy atom. The molecular weight excluding hydrogens is 212 g/mol. The highest BCUT2D eigenvalue weighted by molar-refractivity contribution is 5.93. The fourth-order valence-corrected chi connectivity index (χ4v) is 2.40. The number of anilines is 1. The van der Waals surface area contributed by atoms with Gasteiger partial charge in [0, 0.05) is 5.69 Å². The third-order valence-corrected chi connectivity index (χ3v) is 3.54. The summed E-state index contributed by atoms with van der Waals surface area (Å²) in [6, 6.07) is 9.74. The summed E-state index contributed by atoms with van der Waals surface area (Å²) in [5.74, 6) is 0.133. The second-order valence-corrected chi connectivity index (χ2v) is 4.80. The SMILES string of the molecule is C[C@@H](C(=O)Nc1ccccc1)[NH+]1CCCCC1. The highest BCUT2D eigenvalue weighted by atomic mass is 16.2. The van der Waals surface area contributed by atoms with Crippen molar-refractivity contribution in [3.05, 3.63) is 30.3 Å². The summed E-state index contributed by atoms with van der Waals surface area (Å²) >= 11 is 0. The second kappa shape index (κ2) is 5.82. The molecule has 17 heavy (non-hydrogen) atoms. The Morgan fingerprint density at radius 3 is 2.47 bits per heavy atom. The lowest BCUT2D eigenvalue weighted by atomic mass is 10.1. The van der Waals surface area contributed by atoms with Crippen LogP contribution in [0, 0.1) is 0 Å². The number of carbonyl (C=O) groups is 1. The molecule has 1 heterocycles. The topological polar surface area (TPSA) is 33.5 Å². The Morgan fingerprint density at radius 1 is 1.18 bits per heavy atom. The number of quaternary nitrogens is 1. The number of rotatable bonds is 3. The number of para-hydroxylation sites is 1. The maximum atomic E-state index is 12.1. The van der Waals surface area contributed by atoms with Crippen LogP contribution in [0.5, 0.6) is 0 Å². The molecule has 0 aliphatic carbocycles. The van der Waals surface area contributed by atoms with Gasteiger partial charge in [0.15, 0.2) is 6.04 Å². The molecule has 3 heteroatoms. The van der Waals surface area contributed by atoms with Crippen molar-refractivity contribution in [1.29, 1.82) is 0 Å². The Hall–Kier alpha value is -1.35. The molecule has 1 aromatic carbocycles. The van der Waals surface area contributed by atoms with E-state index in [1.54, 1.807) is 0 Å². The van der Waals surface area contributed by atoms with Crippen molar-refractivity contribution < 1.29 is 9.69 Å². The van der Waals surface area contributed by atoms with Crippen molar-refractivity contribution in [2.24, 2.45) is 0 Å². The van der Waals surface area contributed by atoms with Crippen LogP contribution in [0.15, 0.2) is 30.3 Å². The summed E-state index contributed by atoms with van der Waals surface area (Å²) in [5.41, 5.74) is 0.890. The van der Waals surface area contributed by atoms with E-state index in [-0.39, 0.29) is 11.9 Å². The first kappa shape index (κ1) is 12.1. The van der Waals surface area contributed by atoms with Gasteiger partial charge in [0.25, 0.3) is 5.91 Å². The van der Waals surface area contributed by atoms with Crippen LogP contribution in [-0.4, -0.2) is 25.0 Å². The summed E-state index contributed by atoms with van der Waals surface area (Å²) in [5, 5.41) is 2.98. The van der Waals surface area contributed by atoms with Crippen LogP contribution in [0.25, 0.3) is 0 Å². The monoisotopic (exact) mass is 233 g/mol. The van der Waals surface area contributed by atoms with Gasteiger partial charge in [0.05, 0.1) is 13.1 Å². The lowest BCUT2D eigenvalue weighted by molar-refractivity contribution is -0.918. The summed E-state index contributed by atoms with van der Waals surface area (Å²) in [6.45, 7) is 4.28. The predicted molar refractivity (Wildman–Crippen MR) is 69.1 cm³/mol. The molecule has 2 rings (SSSR count). The maximum absolute atomic E-state index is 12.1. The quantitative estimate of drug-likeness (QED) is 0.805. The standard InChI is InChI=1S/C14H20N2O/c1-12(16-10-6-3-7-11-16)14(17)15-13-8-4-2-5-9-13/h2,4-5,8-9,12H,3,6-7,10-11H2,1H3,(H,15,17)/p+1/t12-/m0/s1. The van der Waals surface area contributed by atoms with Crippen molar-refractivity contribution in [1.82, 2.24) is 0 Å². The van der Waals surface area contributed by atoms with Crippen molar-refractivity contribution in [2.45, 2.75) is 32.2 Å². The van der Waals surface area contributed by atoms with Gasteiger partial charge in [-0.2, -0.15) is 0 Å². The third-order valence-electron chi connectivity index (χ3n) is 3.54. The van der Waals surface area contributed by atoms with Gasteiger partial charge in [-0.25, -0.2) is 0 Å². The molecule has 1 amide bonds. The number of nitrogens with one attached hydrogen (secondary N) is 2. The van der Waals surface area contributed by atoms with E-state index < -0.39 is 0 Å². The number of hydrogen-bond donors (Lipinski definition) is 2. The Labute approximate surface area is 103 Å². The summed E-state index contributed by atoms with van der Waals surface area (Å²) in [4.78, 5) is 13.5. The van der Waals surface area contributed by atoms with E-state index in [1.807, 2.05) is 37.3 Å². The zero-order valence-electron chi connectivity index (χ0n) is 10.4. The lowest BCUT2D eigenvalue weighted by Crippen LogP contribution is -3.17. The smallest absolute Gasteiger partial charge is 0.282 e. The highest BCUT2D eigenvalue weighted by Gasteiger charge is 2.26. The predicted octanol–water partition coefficient (Wildman–Crippen LogP) is 1.08. The molecular formula is C14H21N2O+. The van der Waals surface area contributed by atoms with Crippen molar-refractivity contribution >= 4 is 11.6 Å². The van der Waals surface area contributed by atoms with E-state index in [9.17, 15) is 4.79 Å². The highest BCUT2D eigenvalue weighted by Crippen LogP contribution is 2.05. The van der Waals surface area contributed by atoms with Gasteiger partial charge >= 0.3 is 0 Å². The van der Waals surface area contributed by atoms with Gasteiger partial charge in [-0.15, -0.1) is 0 Å². The minimum Gasteiger partial charge on any atom is -0.325 e. The number of amides is 1. The fourth-order valence-electron chi connectivity index (χ4n) is 2.40. The Balaban J connectivity index is 1.90. The molecule has 0 saturated carbocycles. The van der Waals surface area contributed by atoms with Crippen LogP contribution >= 0.6 is 0 Å². The van der Waals surface area contributed by atoms with Gasteiger partial charge in [0.1, 0.15) is 0 Å². The van der Waals surface area contributed by atoms with Crippen LogP contribution in [-0.2, 0) is 4.79 Å². The van der Waals surface area contributed by atoms with E-state index in [1.165, 1.54) is 24.2 Å². The number of benzene rings is 1. The van der Waals surface area contributed by atoms with E-state index in [0.29, 0.717) is 0 Å². The van der Waals surface area contributed by atoms with Gasteiger partial charge in [-0.05, 0) is 38.3 Å². The average Bonchev–Trinajstić information content (AvgIpc) is 2.40. The molecule has 2 N–H and O–H groups in total. The van der Waals surface area contributed by atoms with Gasteiger partial charge < -0.3 is 10.2 Å². The van der Waals surface area contributed by atoms with Crippen molar-refractivity contribution in [3.8, 4) is 0 Å². The molecule has 0 aromatic heterocycles. The van der Waals surface area contributed by atoms with Crippen LogP contribution in [0.4, 0.5) is 5.69 Å². The molecule has 0 radical (unpaired) electrons. The molecule has 1 atom stereocenters. The number of hydrogen-bond acceptors (Lipinski definition) is 1. The van der Waals surface area contributed by atoms with Crippen LogP contribution in [0.2, 0.25) is 0 Å². The lowest BCUT2D eigenvalue weighted by Gasteiger charge is -2.28. The van der Waals surface area contributed by atoms with Crippen LogP contribution in [0.1, 0.15) is 26.2 Å². The summed E-state index contributed by atoms with van der Waals surface area (Å²) < 4.78 is 0. The summed E-state index contributed by atoms with van der Waals surface area (Å²) in [7, 11) is 0. The van der Waals surface area contributed by atoms with Gasteiger partial charge in [0.2, 0.25) is 0 Å². The zero-order chi connectivity index (χ0) is 12.1. The van der Waals surface area contributed by atoms with Gasteiger partial charge in [-0.1, -0.05) is 18.2 Å². The van der Waals surface area contributed by atoms with E-state index in [0.717, 1.165) is 18.8 Å². The number of likely N-dealkylation sites (tertiary alicyclic amines) is 1. The first-order chi connectivity index (χ1) is 8.27. The third kappa shape index (κ3) is 3.30. The molecule has 1 aliphatic heterocycles. The van der Waals surface area contributed by atoms with Crippen molar-refractivity contribution in [2.75, 3.05) is 18.4 Å². The normalized spacial score (nSPS) is 18.6. The Bertz CT molecular complexity index is 358. The minimum atomic E-state index is 0.0514. The minimum absolute atomic E-state index is 0.0514. The molecule has 92 valence electrons. The van der Waals surface area contributed by atoms with E-state index in [2.05, 4.69) is 5.32 Å². The van der Waals surface area contributed by atoms with E-state index in [4.69, 9.17) is 0 Å². The van der Waals surface area contributed by atoms with E-state index >= 15 is 0 Å². The summed E-state index contributed by atoms with van der Waals surface area (Å²) in [6.07, 6.45) is 3.81. The number of carbonyl (C=O) groups excluding carboxylic acids is 1. The first-order valence-corrected chi connectivity index (χ1v) is 6.48. The molecule has 1 aromatic rings. The molecule has 1 fully saturated rings. The van der Waals surface area contributed by atoms with Crippen LogP contribution < -0.4 is 10.2 Å². The average molecular weight is 233 g/mol. The largest absolute Gasteiger partial charge is 0.325 e. The maximum Gasteiger partial charge on any atom is 0.282 e. The van der Waals surface area contributed by atoms with Crippen molar-refractivity contribution in [3.63, 3.8) is 0 Å². The molecule has 3 nitrogen and oxygen atoms in total. The molecule has 0 unspecified atom stereocenters.